The predicted molar refractivity (Wildman–Crippen MR) is 78.0 cm³/mol. The van der Waals surface area contributed by atoms with Gasteiger partial charge in [0.1, 0.15) is 11.8 Å². The van der Waals surface area contributed by atoms with E-state index < -0.39 is 12.0 Å². The lowest BCUT2D eigenvalue weighted by Crippen LogP contribution is -2.49. The van der Waals surface area contributed by atoms with Gasteiger partial charge >= 0.3 is 5.97 Å². The van der Waals surface area contributed by atoms with Crippen LogP contribution < -0.4 is 15.4 Å². The molecule has 114 valence electrons. The predicted octanol–water partition coefficient (Wildman–Crippen LogP) is 1.21. The first kappa shape index (κ1) is 15.3. The zero-order chi connectivity index (χ0) is 15.4. The number of fused-ring (bicyclic) bond motifs is 1. The average molecular weight is 292 g/mol. The van der Waals surface area contributed by atoms with Crippen LogP contribution in [0.4, 0.5) is 5.69 Å². The molecule has 1 aromatic rings. The summed E-state index contributed by atoms with van der Waals surface area (Å²) in [4.78, 5) is 25.7. The summed E-state index contributed by atoms with van der Waals surface area (Å²) < 4.78 is 10.5. The molecule has 0 saturated heterocycles. The van der Waals surface area contributed by atoms with Gasteiger partial charge < -0.3 is 15.2 Å². The van der Waals surface area contributed by atoms with Crippen LogP contribution in [0, 0.1) is 0 Å². The van der Waals surface area contributed by atoms with Crippen molar-refractivity contribution in [1.29, 1.82) is 0 Å². The molecule has 6 heteroatoms. The third kappa shape index (κ3) is 3.00. The smallest absolute Gasteiger partial charge is 0.329 e. The van der Waals surface area contributed by atoms with E-state index in [4.69, 9.17) is 15.2 Å². The maximum Gasteiger partial charge on any atom is 0.329 e. The number of nitrogens with two attached hydrogens (primary N) is 1. The molecule has 1 aromatic carbocycles. The van der Waals surface area contributed by atoms with Crippen LogP contribution in [-0.4, -0.2) is 31.1 Å². The van der Waals surface area contributed by atoms with Crippen molar-refractivity contribution in [1.82, 2.24) is 0 Å². The number of amides is 1. The summed E-state index contributed by atoms with van der Waals surface area (Å²) in [6.07, 6.45) is 0.475. The summed E-state index contributed by atoms with van der Waals surface area (Å²) in [5, 5.41) is 0. The van der Waals surface area contributed by atoms with Gasteiger partial charge in [0.15, 0.2) is 6.61 Å². The van der Waals surface area contributed by atoms with Gasteiger partial charge in [-0.05, 0) is 31.0 Å². The Bertz CT molecular complexity index is 544. The molecule has 0 fully saturated rings. The van der Waals surface area contributed by atoms with E-state index >= 15 is 0 Å². The fourth-order valence-corrected chi connectivity index (χ4v) is 2.38. The quantitative estimate of drug-likeness (QED) is 0.825. The van der Waals surface area contributed by atoms with Gasteiger partial charge in [0.2, 0.25) is 0 Å². The molecule has 0 radical (unpaired) electrons. The monoisotopic (exact) mass is 292 g/mol. The molecule has 0 bridgehead atoms. The Kier molecular flexibility index (Phi) is 4.80. The van der Waals surface area contributed by atoms with Crippen molar-refractivity contribution in [2.24, 2.45) is 5.73 Å². The highest BCUT2D eigenvalue weighted by Crippen LogP contribution is 2.35. The van der Waals surface area contributed by atoms with Crippen LogP contribution in [0.3, 0.4) is 0 Å². The van der Waals surface area contributed by atoms with Gasteiger partial charge in [0.25, 0.3) is 5.91 Å². The summed E-state index contributed by atoms with van der Waals surface area (Å²) in [6, 6.07) is 4.75. The number of anilines is 1. The van der Waals surface area contributed by atoms with Gasteiger partial charge in [0, 0.05) is 6.54 Å². The van der Waals surface area contributed by atoms with E-state index in [-0.39, 0.29) is 19.1 Å². The number of rotatable bonds is 5. The maximum absolute atomic E-state index is 12.2. The van der Waals surface area contributed by atoms with Gasteiger partial charge in [-0.2, -0.15) is 0 Å². The Morgan fingerprint density at radius 1 is 1.48 bits per heavy atom. The summed E-state index contributed by atoms with van der Waals surface area (Å²) in [5.41, 5.74) is 7.10. The standard InChI is InChI=1S/C15H20N2O4/c1-3-11(15(19)20-4-2)17-12-6-5-10(8-16)7-13(12)21-9-14(17)18/h5-7,11H,3-4,8-9,16H2,1-2H3. The molecule has 1 heterocycles. The van der Waals surface area contributed by atoms with Gasteiger partial charge in [0.05, 0.1) is 12.3 Å². The highest BCUT2D eigenvalue weighted by atomic mass is 16.5. The van der Waals surface area contributed by atoms with E-state index in [1.807, 2.05) is 13.0 Å². The fraction of sp³-hybridized carbons (Fsp3) is 0.467. The topological polar surface area (TPSA) is 81.9 Å². The lowest BCUT2D eigenvalue weighted by Gasteiger charge is -2.34. The van der Waals surface area contributed by atoms with Crippen LogP contribution >= 0.6 is 0 Å². The van der Waals surface area contributed by atoms with Crippen molar-refractivity contribution in [3.63, 3.8) is 0 Å². The first-order chi connectivity index (χ1) is 10.1. The normalized spacial score (nSPS) is 15.2. The lowest BCUT2D eigenvalue weighted by molar-refractivity contribution is -0.146. The Labute approximate surface area is 123 Å². The Morgan fingerprint density at radius 3 is 2.86 bits per heavy atom. The summed E-state index contributed by atoms with van der Waals surface area (Å²) >= 11 is 0. The van der Waals surface area contributed by atoms with E-state index in [1.54, 1.807) is 19.1 Å². The molecule has 0 saturated carbocycles. The second kappa shape index (κ2) is 6.58. The molecule has 0 spiro atoms. The molecule has 1 unspecified atom stereocenters. The van der Waals surface area contributed by atoms with Crippen molar-refractivity contribution in [3.8, 4) is 5.75 Å². The number of benzene rings is 1. The SMILES string of the molecule is CCOC(=O)C(CC)N1C(=O)COc2cc(CN)ccc21. The summed E-state index contributed by atoms with van der Waals surface area (Å²) in [6.45, 7) is 4.18. The minimum atomic E-state index is -0.635. The molecule has 1 aliphatic heterocycles. The number of ether oxygens (including phenoxy) is 2. The lowest BCUT2D eigenvalue weighted by atomic mass is 10.1. The van der Waals surface area contributed by atoms with Crippen molar-refractivity contribution >= 4 is 17.6 Å². The minimum absolute atomic E-state index is 0.0864. The molecular formula is C15H20N2O4. The number of hydrogen-bond acceptors (Lipinski definition) is 5. The number of carbonyl (C=O) groups excluding carboxylic acids is 2. The molecule has 0 aliphatic carbocycles. The van der Waals surface area contributed by atoms with E-state index in [0.717, 1.165) is 5.56 Å². The van der Waals surface area contributed by atoms with Gasteiger partial charge in [-0.3, -0.25) is 9.69 Å². The van der Waals surface area contributed by atoms with E-state index in [0.29, 0.717) is 24.4 Å². The van der Waals surface area contributed by atoms with E-state index in [2.05, 4.69) is 0 Å². The van der Waals surface area contributed by atoms with Crippen molar-refractivity contribution in [2.45, 2.75) is 32.9 Å². The molecule has 1 atom stereocenters. The van der Waals surface area contributed by atoms with Crippen molar-refractivity contribution in [3.05, 3.63) is 23.8 Å². The van der Waals surface area contributed by atoms with Crippen LogP contribution in [0.25, 0.3) is 0 Å². The molecule has 21 heavy (non-hydrogen) atoms. The largest absolute Gasteiger partial charge is 0.482 e. The van der Waals surface area contributed by atoms with E-state index in [9.17, 15) is 9.59 Å². The van der Waals surface area contributed by atoms with Gasteiger partial charge in [-0.15, -0.1) is 0 Å². The van der Waals surface area contributed by atoms with Gasteiger partial charge in [-0.1, -0.05) is 13.0 Å². The second-order valence-electron chi connectivity index (χ2n) is 4.73. The van der Waals surface area contributed by atoms with Gasteiger partial charge in [-0.25, -0.2) is 4.79 Å². The molecular weight excluding hydrogens is 272 g/mol. The van der Waals surface area contributed by atoms with Crippen LogP contribution in [0.2, 0.25) is 0 Å². The van der Waals surface area contributed by atoms with Crippen LogP contribution in [0.15, 0.2) is 18.2 Å². The first-order valence-electron chi connectivity index (χ1n) is 7.06. The van der Waals surface area contributed by atoms with Crippen LogP contribution in [-0.2, 0) is 20.9 Å². The van der Waals surface area contributed by atoms with Crippen LogP contribution in [0.1, 0.15) is 25.8 Å². The zero-order valence-corrected chi connectivity index (χ0v) is 12.3. The molecule has 6 nitrogen and oxygen atoms in total. The summed E-state index contributed by atoms with van der Waals surface area (Å²) in [5.74, 6) is -0.0766. The first-order valence-corrected chi connectivity index (χ1v) is 7.06. The Morgan fingerprint density at radius 2 is 2.24 bits per heavy atom. The third-order valence-electron chi connectivity index (χ3n) is 3.40. The van der Waals surface area contributed by atoms with Crippen molar-refractivity contribution < 1.29 is 19.1 Å². The number of nitrogens with zero attached hydrogens (tertiary/aromatic N) is 1. The number of carbonyl (C=O) groups is 2. The Hall–Kier alpha value is -2.08. The molecule has 0 aromatic heterocycles. The highest BCUT2D eigenvalue weighted by Gasteiger charge is 2.35. The molecule has 2 N–H and O–H groups in total. The average Bonchev–Trinajstić information content (AvgIpc) is 2.50. The Balaban J connectivity index is 2.39. The maximum atomic E-state index is 12.2. The molecule has 2 rings (SSSR count). The second-order valence-corrected chi connectivity index (χ2v) is 4.73. The van der Waals surface area contributed by atoms with E-state index in [1.165, 1.54) is 4.90 Å². The fourth-order valence-electron chi connectivity index (χ4n) is 2.38. The zero-order valence-electron chi connectivity index (χ0n) is 12.3. The van der Waals surface area contributed by atoms with Crippen molar-refractivity contribution in [2.75, 3.05) is 18.1 Å². The number of hydrogen-bond donors (Lipinski definition) is 1. The van der Waals surface area contributed by atoms with Crippen LogP contribution in [0.5, 0.6) is 5.75 Å². The summed E-state index contributed by atoms with van der Waals surface area (Å²) in [7, 11) is 0. The molecule has 1 aliphatic rings. The third-order valence-corrected chi connectivity index (χ3v) is 3.40. The number of esters is 1. The highest BCUT2D eigenvalue weighted by molar-refractivity contribution is 6.02. The minimum Gasteiger partial charge on any atom is -0.482 e. The molecule has 1 amide bonds.